The highest BCUT2D eigenvalue weighted by atomic mass is 19.3. The van der Waals surface area contributed by atoms with E-state index in [0.717, 1.165) is 0 Å². The Bertz CT molecular complexity index is 242. The molecule has 5 heteroatoms. The number of rotatable bonds is 2. The molecule has 0 saturated heterocycles. The molecule has 0 N–H and O–H groups in total. The van der Waals surface area contributed by atoms with Gasteiger partial charge in [0.2, 0.25) is 0 Å². The molecule has 0 spiro atoms. The Balaban J connectivity index is 2.93. The molecule has 1 rings (SSSR count). The quantitative estimate of drug-likeness (QED) is 0.576. The van der Waals surface area contributed by atoms with Gasteiger partial charge < -0.3 is 0 Å². The van der Waals surface area contributed by atoms with Crippen molar-refractivity contribution in [2.75, 3.05) is 0 Å². The van der Waals surface area contributed by atoms with E-state index in [2.05, 4.69) is 5.32 Å². The van der Waals surface area contributed by atoms with Gasteiger partial charge in [0, 0.05) is 5.70 Å². The molecule has 0 aromatic carbocycles. The number of alkyl halides is 4. The molecule has 1 aliphatic heterocycles. The van der Waals surface area contributed by atoms with Gasteiger partial charge in [0.05, 0.1) is 17.3 Å². The molecular formula is C7H5F4N. The van der Waals surface area contributed by atoms with E-state index in [-0.39, 0.29) is 5.70 Å². The van der Waals surface area contributed by atoms with Crippen LogP contribution in [0.15, 0.2) is 16.8 Å². The Kier molecular flexibility index (Phi) is 2.40. The van der Waals surface area contributed by atoms with Crippen molar-refractivity contribution >= 4 is 0 Å². The van der Waals surface area contributed by atoms with Crippen LogP contribution in [0.1, 0.15) is 6.92 Å². The van der Waals surface area contributed by atoms with E-state index in [4.69, 9.17) is 0 Å². The molecular weight excluding hydrogens is 174 g/mol. The zero-order valence-corrected chi connectivity index (χ0v) is 6.11. The third kappa shape index (κ3) is 1.44. The van der Waals surface area contributed by atoms with Gasteiger partial charge in [-0.3, -0.25) is 5.32 Å². The topological polar surface area (TPSA) is 14.1 Å². The Morgan fingerprint density at radius 2 is 1.75 bits per heavy atom. The summed E-state index contributed by atoms with van der Waals surface area (Å²) in [6.07, 6.45) is -3.97. The molecule has 1 nitrogen and oxygen atoms in total. The molecule has 0 unspecified atom stereocenters. The summed E-state index contributed by atoms with van der Waals surface area (Å²) in [5.74, 6) is 0. The van der Waals surface area contributed by atoms with Crippen LogP contribution in [0.25, 0.3) is 0 Å². The number of hydrogen-bond acceptors (Lipinski definition) is 0. The van der Waals surface area contributed by atoms with Crippen LogP contribution in [0.3, 0.4) is 0 Å². The van der Waals surface area contributed by atoms with Crippen molar-refractivity contribution in [2.24, 2.45) is 0 Å². The first kappa shape index (κ1) is 9.09. The minimum Gasteiger partial charge on any atom is -0.250 e. The highest BCUT2D eigenvalue weighted by Crippen LogP contribution is 2.29. The average Bonchev–Trinajstić information content (AvgIpc) is 2.30. The van der Waals surface area contributed by atoms with Gasteiger partial charge in [0.25, 0.3) is 12.9 Å². The normalized spacial score (nSPS) is 17.4. The van der Waals surface area contributed by atoms with Crippen LogP contribution in [0, 0.1) is 6.20 Å². The predicted octanol–water partition coefficient (Wildman–Crippen LogP) is 2.10. The van der Waals surface area contributed by atoms with Gasteiger partial charge in [-0.15, -0.1) is 0 Å². The summed E-state index contributed by atoms with van der Waals surface area (Å²) in [6.45, 7) is 1.25. The van der Waals surface area contributed by atoms with Crippen molar-refractivity contribution in [3.63, 3.8) is 0 Å². The van der Waals surface area contributed by atoms with Gasteiger partial charge in [-0.1, -0.05) is 0 Å². The predicted molar refractivity (Wildman–Crippen MR) is 33.6 cm³/mol. The molecule has 66 valence electrons. The van der Waals surface area contributed by atoms with Crippen LogP contribution in [0.4, 0.5) is 17.6 Å². The summed E-state index contributed by atoms with van der Waals surface area (Å²) in [4.78, 5) is 0. The van der Waals surface area contributed by atoms with E-state index in [1.807, 2.05) is 6.20 Å². The van der Waals surface area contributed by atoms with E-state index >= 15 is 0 Å². The van der Waals surface area contributed by atoms with Crippen molar-refractivity contribution in [1.29, 1.82) is 0 Å². The van der Waals surface area contributed by atoms with Gasteiger partial charge >= 0.3 is 0 Å². The van der Waals surface area contributed by atoms with Gasteiger partial charge in [0.1, 0.15) is 0 Å². The van der Waals surface area contributed by atoms with Gasteiger partial charge in [-0.05, 0) is 6.92 Å². The van der Waals surface area contributed by atoms with Crippen LogP contribution in [-0.2, 0) is 0 Å². The fourth-order valence-corrected chi connectivity index (χ4v) is 0.901. The Morgan fingerprint density at radius 3 is 2.08 bits per heavy atom. The van der Waals surface area contributed by atoms with E-state index < -0.39 is 24.0 Å². The van der Waals surface area contributed by atoms with Crippen molar-refractivity contribution in [2.45, 2.75) is 19.8 Å². The lowest BCUT2D eigenvalue weighted by atomic mass is 10.1. The SMILES string of the molecule is CC1=C(C(F)F)C(C(F)F)=[C][N]1. The number of allylic oxidation sites excluding steroid dienone is 3. The van der Waals surface area contributed by atoms with Crippen LogP contribution in [-0.4, -0.2) is 12.9 Å². The lowest BCUT2D eigenvalue weighted by Gasteiger charge is -2.05. The number of hydrogen-bond donors (Lipinski definition) is 0. The number of halogens is 4. The zero-order valence-electron chi connectivity index (χ0n) is 6.11. The highest BCUT2D eigenvalue weighted by Gasteiger charge is 2.30. The second kappa shape index (κ2) is 3.16. The van der Waals surface area contributed by atoms with Crippen molar-refractivity contribution < 1.29 is 17.6 Å². The van der Waals surface area contributed by atoms with E-state index in [0.29, 0.717) is 0 Å². The minimum atomic E-state index is -2.94. The second-order valence-corrected chi connectivity index (χ2v) is 2.24. The van der Waals surface area contributed by atoms with Crippen LogP contribution in [0.2, 0.25) is 0 Å². The third-order valence-corrected chi connectivity index (χ3v) is 1.46. The largest absolute Gasteiger partial charge is 0.266 e. The fourth-order valence-electron chi connectivity index (χ4n) is 0.901. The van der Waals surface area contributed by atoms with Crippen LogP contribution < -0.4 is 5.32 Å². The molecule has 0 atom stereocenters. The summed E-state index contributed by atoms with van der Waals surface area (Å²) in [5, 5.41) is 3.27. The molecule has 1 aliphatic rings. The summed E-state index contributed by atoms with van der Waals surface area (Å²) >= 11 is 0. The summed E-state index contributed by atoms with van der Waals surface area (Å²) in [5.41, 5.74) is -1.56. The Morgan fingerprint density at radius 1 is 1.17 bits per heavy atom. The first-order valence-corrected chi connectivity index (χ1v) is 3.15. The molecule has 0 aromatic rings. The maximum Gasteiger partial charge on any atom is 0.266 e. The summed E-state index contributed by atoms with van der Waals surface area (Å²) in [7, 11) is 0. The lowest BCUT2D eigenvalue weighted by molar-refractivity contribution is 0.162. The maximum absolute atomic E-state index is 12.1. The molecule has 2 radical (unpaired) electrons. The fraction of sp³-hybridized carbons (Fsp3) is 0.429. The molecule has 0 saturated carbocycles. The van der Waals surface area contributed by atoms with Crippen LogP contribution in [0.5, 0.6) is 0 Å². The van der Waals surface area contributed by atoms with E-state index in [1.54, 1.807) is 0 Å². The molecule has 0 bridgehead atoms. The maximum atomic E-state index is 12.1. The van der Waals surface area contributed by atoms with Gasteiger partial charge in [-0.25, -0.2) is 17.6 Å². The lowest BCUT2D eigenvalue weighted by Crippen LogP contribution is -2.06. The van der Waals surface area contributed by atoms with E-state index in [9.17, 15) is 17.6 Å². The second-order valence-electron chi connectivity index (χ2n) is 2.24. The Labute approximate surface area is 66.8 Å². The summed E-state index contributed by atoms with van der Waals surface area (Å²) in [6, 6.07) is 0. The minimum absolute atomic E-state index is 0.0831. The average molecular weight is 179 g/mol. The van der Waals surface area contributed by atoms with Crippen molar-refractivity contribution in [3.8, 4) is 0 Å². The molecule has 1 heterocycles. The monoisotopic (exact) mass is 179 g/mol. The van der Waals surface area contributed by atoms with Crippen molar-refractivity contribution in [3.05, 3.63) is 23.0 Å². The molecule has 0 aromatic heterocycles. The zero-order chi connectivity index (χ0) is 9.30. The highest BCUT2D eigenvalue weighted by molar-refractivity contribution is 5.40. The third-order valence-electron chi connectivity index (χ3n) is 1.46. The molecule has 0 amide bonds. The van der Waals surface area contributed by atoms with Gasteiger partial charge in [-0.2, -0.15) is 0 Å². The molecule has 0 aliphatic carbocycles. The molecule has 12 heavy (non-hydrogen) atoms. The first-order chi connectivity index (χ1) is 5.54. The van der Waals surface area contributed by atoms with Crippen molar-refractivity contribution in [1.82, 2.24) is 5.32 Å². The van der Waals surface area contributed by atoms with E-state index in [1.165, 1.54) is 6.92 Å². The molecule has 0 fully saturated rings. The van der Waals surface area contributed by atoms with Crippen LogP contribution >= 0.6 is 0 Å². The van der Waals surface area contributed by atoms with Gasteiger partial charge in [0.15, 0.2) is 0 Å². The standard InChI is InChI=1S/C7H5F4N/c1-3-5(7(10)11)4(2-12-3)6(8)9/h6-7H,1H3. The Hall–Kier alpha value is -1.00. The number of nitrogens with zero attached hydrogens (tertiary/aromatic N) is 1. The smallest absolute Gasteiger partial charge is 0.250 e. The first-order valence-electron chi connectivity index (χ1n) is 3.15. The summed E-state index contributed by atoms with van der Waals surface area (Å²) < 4.78 is 48.2.